The summed E-state index contributed by atoms with van der Waals surface area (Å²) in [4.78, 5) is 13.7. The molecule has 0 amide bonds. The highest BCUT2D eigenvalue weighted by Gasteiger charge is 2.13. The lowest BCUT2D eigenvalue weighted by Gasteiger charge is -2.11. The van der Waals surface area contributed by atoms with E-state index in [9.17, 15) is 0 Å². The van der Waals surface area contributed by atoms with Gasteiger partial charge in [0.05, 0.1) is 18.3 Å². The Hall–Kier alpha value is -3.53. The number of methoxy groups -OCH3 is 1. The predicted octanol–water partition coefficient (Wildman–Crippen LogP) is 5.77. The fraction of sp³-hybridized carbons (Fsp3) is 0.0833. The molecule has 0 aliphatic rings. The van der Waals surface area contributed by atoms with Gasteiger partial charge < -0.3 is 10.1 Å². The van der Waals surface area contributed by atoms with E-state index in [0.29, 0.717) is 11.6 Å². The Bertz CT molecular complexity index is 1370. The molecule has 0 saturated heterocycles. The molecule has 7 nitrogen and oxygen atoms in total. The van der Waals surface area contributed by atoms with Gasteiger partial charge in [-0.15, -0.1) is 0 Å². The summed E-state index contributed by atoms with van der Waals surface area (Å²) in [7, 11) is 1.64. The average molecular weight is 534 g/mol. The van der Waals surface area contributed by atoms with Crippen molar-refractivity contribution in [2.24, 2.45) is 0 Å². The van der Waals surface area contributed by atoms with Gasteiger partial charge in [-0.25, -0.2) is 9.97 Å². The van der Waals surface area contributed by atoms with E-state index < -0.39 is 0 Å². The minimum atomic E-state index is 0.590. The van der Waals surface area contributed by atoms with E-state index >= 15 is 0 Å². The third-order valence-electron chi connectivity index (χ3n) is 5.06. The van der Waals surface area contributed by atoms with Crippen LogP contribution in [0.15, 0.2) is 73.1 Å². The number of aromatic nitrogens is 5. The highest BCUT2D eigenvalue weighted by atomic mass is 127. The van der Waals surface area contributed by atoms with Gasteiger partial charge >= 0.3 is 0 Å². The Morgan fingerprint density at radius 3 is 2.62 bits per heavy atom. The number of nitrogens with zero attached hydrogens (tertiary/aromatic N) is 4. The number of benzene rings is 2. The topological polar surface area (TPSA) is 88.6 Å². The maximum atomic E-state index is 5.41. The smallest absolute Gasteiger partial charge is 0.163 e. The van der Waals surface area contributed by atoms with Gasteiger partial charge in [-0.1, -0.05) is 46.9 Å². The normalized spacial score (nSPS) is 10.9. The third-order valence-corrected chi connectivity index (χ3v) is 5.94. The van der Waals surface area contributed by atoms with Crippen molar-refractivity contribution in [2.75, 3.05) is 12.4 Å². The molecule has 0 saturated carbocycles. The quantitative estimate of drug-likeness (QED) is 0.213. The number of aromatic amines is 1. The summed E-state index contributed by atoms with van der Waals surface area (Å²) in [6.45, 7) is 0. The van der Waals surface area contributed by atoms with E-state index in [4.69, 9.17) is 14.7 Å². The number of pyridine rings is 1. The van der Waals surface area contributed by atoms with Crippen molar-refractivity contribution in [3.63, 3.8) is 0 Å². The lowest BCUT2D eigenvalue weighted by Crippen LogP contribution is -2.00. The molecule has 3 heterocycles. The molecule has 0 radical (unpaired) electrons. The Morgan fingerprint density at radius 1 is 1.00 bits per heavy atom. The first-order chi connectivity index (χ1) is 15.7. The highest BCUT2D eigenvalue weighted by Crippen LogP contribution is 2.30. The zero-order valence-electron chi connectivity index (χ0n) is 17.2. The molecule has 5 aromatic rings. The lowest BCUT2D eigenvalue weighted by atomic mass is 10.1. The second kappa shape index (κ2) is 8.91. The fourth-order valence-electron chi connectivity index (χ4n) is 3.38. The van der Waals surface area contributed by atoms with Gasteiger partial charge in [0, 0.05) is 39.4 Å². The van der Waals surface area contributed by atoms with E-state index in [0.717, 1.165) is 43.7 Å². The van der Waals surface area contributed by atoms with Gasteiger partial charge in [-0.2, -0.15) is 5.10 Å². The zero-order valence-corrected chi connectivity index (χ0v) is 19.4. The van der Waals surface area contributed by atoms with Crippen LogP contribution in [-0.4, -0.2) is 32.3 Å². The zero-order chi connectivity index (χ0) is 21.9. The number of H-pyrrole nitrogens is 1. The van der Waals surface area contributed by atoms with Crippen LogP contribution in [0.4, 0.5) is 11.6 Å². The van der Waals surface area contributed by atoms with Crippen LogP contribution in [0.3, 0.4) is 0 Å². The van der Waals surface area contributed by atoms with E-state index in [-0.39, 0.29) is 0 Å². The Morgan fingerprint density at radius 2 is 1.88 bits per heavy atom. The molecule has 0 unspecified atom stereocenters. The second-order valence-electron chi connectivity index (χ2n) is 7.14. The van der Waals surface area contributed by atoms with Crippen molar-refractivity contribution in [1.29, 1.82) is 0 Å². The van der Waals surface area contributed by atoms with Gasteiger partial charge in [0.2, 0.25) is 0 Å². The number of alkyl halides is 1. The monoisotopic (exact) mass is 534 g/mol. The molecule has 8 heteroatoms. The van der Waals surface area contributed by atoms with Gasteiger partial charge in [0.1, 0.15) is 17.4 Å². The number of hydrogen-bond donors (Lipinski definition) is 2. The molecule has 0 bridgehead atoms. The highest BCUT2D eigenvalue weighted by molar-refractivity contribution is 14.1. The van der Waals surface area contributed by atoms with E-state index in [1.807, 2.05) is 36.4 Å². The van der Waals surface area contributed by atoms with Gasteiger partial charge in [0.25, 0.3) is 0 Å². The fourth-order valence-corrected chi connectivity index (χ4v) is 3.89. The Balaban J connectivity index is 1.54. The maximum absolute atomic E-state index is 5.41. The number of rotatable bonds is 6. The molecule has 0 spiro atoms. The summed E-state index contributed by atoms with van der Waals surface area (Å²) in [5.41, 5.74) is 4.84. The predicted molar refractivity (Wildman–Crippen MR) is 134 cm³/mol. The Labute approximate surface area is 198 Å². The summed E-state index contributed by atoms with van der Waals surface area (Å²) in [6.07, 6.45) is 3.48. The largest absolute Gasteiger partial charge is 0.497 e. The van der Waals surface area contributed by atoms with Crippen LogP contribution in [0.2, 0.25) is 0 Å². The second-order valence-corrected chi connectivity index (χ2v) is 7.91. The van der Waals surface area contributed by atoms with Crippen molar-refractivity contribution >= 4 is 45.1 Å². The van der Waals surface area contributed by atoms with Crippen LogP contribution < -0.4 is 10.1 Å². The molecule has 0 aliphatic carbocycles. The van der Waals surface area contributed by atoms with E-state index in [1.165, 1.54) is 5.56 Å². The van der Waals surface area contributed by atoms with Crippen molar-refractivity contribution < 1.29 is 4.74 Å². The van der Waals surface area contributed by atoms with Crippen LogP contribution in [0.1, 0.15) is 5.56 Å². The molecular formula is C24H19IN6O. The minimum absolute atomic E-state index is 0.590. The van der Waals surface area contributed by atoms with Gasteiger partial charge in [-0.3, -0.25) is 10.1 Å². The SMILES string of the molecule is COc1ccc2nc(-c3cccnc3)nc(Nc3cc(-c4ccc(CI)cc4)n[nH]3)c2c1. The molecular weight excluding hydrogens is 515 g/mol. The molecule has 32 heavy (non-hydrogen) atoms. The van der Waals surface area contributed by atoms with E-state index in [2.05, 4.69) is 67.4 Å². The van der Waals surface area contributed by atoms with Crippen molar-refractivity contribution in [3.05, 3.63) is 78.6 Å². The molecule has 5 rings (SSSR count). The minimum Gasteiger partial charge on any atom is -0.497 e. The summed E-state index contributed by atoms with van der Waals surface area (Å²) >= 11 is 2.36. The van der Waals surface area contributed by atoms with Crippen LogP contribution in [0.25, 0.3) is 33.5 Å². The summed E-state index contributed by atoms with van der Waals surface area (Å²) in [5.74, 6) is 2.72. The molecule has 2 N–H and O–H groups in total. The summed E-state index contributed by atoms with van der Waals surface area (Å²) < 4.78 is 6.39. The van der Waals surface area contributed by atoms with Crippen LogP contribution >= 0.6 is 22.6 Å². The first-order valence-electron chi connectivity index (χ1n) is 9.97. The average Bonchev–Trinajstić information content (AvgIpc) is 3.32. The molecule has 0 fully saturated rings. The first-order valence-corrected chi connectivity index (χ1v) is 11.5. The number of halogens is 1. The number of ether oxygens (including phenoxy) is 1. The molecule has 158 valence electrons. The third kappa shape index (κ3) is 4.13. The van der Waals surface area contributed by atoms with E-state index in [1.54, 1.807) is 19.5 Å². The van der Waals surface area contributed by atoms with Crippen LogP contribution in [0, 0.1) is 0 Å². The van der Waals surface area contributed by atoms with Gasteiger partial charge in [-0.05, 0) is 35.9 Å². The number of nitrogens with one attached hydrogen (secondary N) is 2. The molecule has 0 atom stereocenters. The summed E-state index contributed by atoms with van der Waals surface area (Å²) in [6, 6.07) is 19.9. The van der Waals surface area contributed by atoms with Crippen LogP contribution in [0.5, 0.6) is 5.75 Å². The number of anilines is 2. The van der Waals surface area contributed by atoms with Crippen LogP contribution in [-0.2, 0) is 4.43 Å². The number of hydrogen-bond acceptors (Lipinski definition) is 6. The van der Waals surface area contributed by atoms with Crippen molar-refractivity contribution in [2.45, 2.75) is 4.43 Å². The van der Waals surface area contributed by atoms with Crippen molar-refractivity contribution in [3.8, 4) is 28.4 Å². The molecule has 0 aliphatic heterocycles. The Kier molecular flexibility index (Phi) is 5.68. The first kappa shape index (κ1) is 20.4. The standard InChI is InChI=1S/C24H19IN6O/c1-32-18-8-9-20-19(11-18)24(29-23(27-20)17-3-2-10-26-14-17)28-22-12-21(30-31-22)16-6-4-15(13-25)5-7-16/h2-12,14H,13H2,1H3,(H2,27,28,29,30,31). The summed E-state index contributed by atoms with van der Waals surface area (Å²) in [5, 5.41) is 11.8. The molecule has 2 aromatic carbocycles. The maximum Gasteiger partial charge on any atom is 0.163 e. The molecule has 3 aromatic heterocycles. The lowest BCUT2D eigenvalue weighted by molar-refractivity contribution is 0.415. The van der Waals surface area contributed by atoms with Crippen molar-refractivity contribution in [1.82, 2.24) is 25.1 Å². The number of fused-ring (bicyclic) bond motifs is 1. The van der Waals surface area contributed by atoms with Gasteiger partial charge in [0.15, 0.2) is 5.82 Å².